The van der Waals surface area contributed by atoms with E-state index < -0.39 is 10.0 Å². The molecule has 2 aromatic rings. The lowest BCUT2D eigenvalue weighted by Crippen LogP contribution is -2.31. The van der Waals surface area contributed by atoms with Gasteiger partial charge in [0.05, 0.1) is 12.0 Å². The van der Waals surface area contributed by atoms with Crippen LogP contribution in [0.4, 0.5) is 0 Å². The summed E-state index contributed by atoms with van der Waals surface area (Å²) in [4.78, 5) is 4.32. The van der Waals surface area contributed by atoms with Crippen LogP contribution in [0, 0.1) is 5.41 Å². The second-order valence-electron chi connectivity index (χ2n) is 6.90. The summed E-state index contributed by atoms with van der Waals surface area (Å²) in [5.74, 6) is 0.618. The van der Waals surface area contributed by atoms with Gasteiger partial charge in [-0.1, -0.05) is 26.8 Å². The number of sulfonamides is 1. The van der Waals surface area contributed by atoms with Crippen molar-refractivity contribution in [3.05, 3.63) is 54.4 Å². The minimum atomic E-state index is -3.64. The average molecular weight is 348 g/mol. The van der Waals surface area contributed by atoms with Crippen LogP contribution in [0.3, 0.4) is 0 Å². The smallest absolute Gasteiger partial charge is 0.241 e. The molecule has 0 aliphatic heterocycles. The lowest BCUT2D eigenvalue weighted by molar-refractivity contribution is 0.330. The van der Waals surface area contributed by atoms with Crippen molar-refractivity contribution in [2.45, 2.75) is 38.1 Å². The van der Waals surface area contributed by atoms with E-state index in [2.05, 4.69) is 30.5 Å². The van der Waals surface area contributed by atoms with Gasteiger partial charge in [-0.05, 0) is 47.7 Å². The topological polar surface area (TPSA) is 68.3 Å². The fourth-order valence-corrected chi connectivity index (χ4v) is 3.66. The van der Waals surface area contributed by atoms with Crippen molar-refractivity contribution in [2.24, 2.45) is 5.41 Å². The van der Waals surface area contributed by atoms with Crippen LogP contribution in [0.5, 0.6) is 5.75 Å². The van der Waals surface area contributed by atoms with Gasteiger partial charge in [0.15, 0.2) is 0 Å². The summed E-state index contributed by atoms with van der Waals surface area (Å²) in [6.07, 6.45) is 4.04. The maximum Gasteiger partial charge on any atom is 0.241 e. The summed E-state index contributed by atoms with van der Waals surface area (Å²) in [6.45, 7) is 6.24. The number of rotatable bonds is 6. The fourth-order valence-electron chi connectivity index (χ4n) is 2.43. The number of nitrogens with one attached hydrogen (secondary N) is 1. The molecular formula is C18H24N2O3S. The van der Waals surface area contributed by atoms with E-state index in [9.17, 15) is 8.42 Å². The van der Waals surface area contributed by atoms with E-state index in [1.54, 1.807) is 43.8 Å². The third-order valence-corrected chi connectivity index (χ3v) is 5.06. The number of methoxy groups -OCH3 is 1. The highest BCUT2D eigenvalue weighted by Gasteiger charge is 2.26. The van der Waals surface area contributed by atoms with Crippen LogP contribution in [0.1, 0.15) is 38.8 Å². The molecule has 0 aliphatic carbocycles. The Morgan fingerprint density at radius 1 is 1.17 bits per heavy atom. The molecule has 0 fully saturated rings. The molecule has 2 rings (SSSR count). The Kier molecular flexibility index (Phi) is 5.62. The summed E-state index contributed by atoms with van der Waals surface area (Å²) in [6, 6.07) is 9.71. The Bertz CT molecular complexity index is 751. The Hall–Kier alpha value is -1.92. The minimum absolute atomic E-state index is 0.0388. The number of pyridine rings is 1. The molecule has 1 heterocycles. The number of hydrogen-bond acceptors (Lipinski definition) is 4. The maximum absolute atomic E-state index is 12.7. The summed E-state index contributed by atoms with van der Waals surface area (Å²) < 4.78 is 33.3. The molecule has 6 heteroatoms. The molecule has 130 valence electrons. The lowest BCUT2D eigenvalue weighted by Gasteiger charge is -2.27. The number of hydrogen-bond donors (Lipinski definition) is 1. The van der Waals surface area contributed by atoms with Crippen LogP contribution in [-0.2, 0) is 10.0 Å². The average Bonchev–Trinajstić information content (AvgIpc) is 2.53. The number of ether oxygens (including phenoxy) is 1. The molecule has 24 heavy (non-hydrogen) atoms. The second kappa shape index (κ2) is 7.32. The summed E-state index contributed by atoms with van der Waals surface area (Å²) in [5.41, 5.74) is 0.813. The van der Waals surface area contributed by atoms with Crippen molar-refractivity contribution in [3.63, 3.8) is 0 Å². The first-order valence-corrected chi connectivity index (χ1v) is 9.26. The van der Waals surface area contributed by atoms with Gasteiger partial charge in [-0.2, -0.15) is 0 Å². The highest BCUT2D eigenvalue weighted by molar-refractivity contribution is 7.89. The Balaban J connectivity index is 2.30. The molecule has 1 unspecified atom stereocenters. The van der Waals surface area contributed by atoms with Gasteiger partial charge in [0, 0.05) is 18.4 Å². The predicted molar refractivity (Wildman–Crippen MR) is 94.4 cm³/mol. The van der Waals surface area contributed by atoms with Gasteiger partial charge in [-0.25, -0.2) is 13.1 Å². The van der Waals surface area contributed by atoms with Gasteiger partial charge in [0.2, 0.25) is 10.0 Å². The molecular weight excluding hydrogens is 324 g/mol. The van der Waals surface area contributed by atoms with Crippen molar-refractivity contribution < 1.29 is 13.2 Å². The van der Waals surface area contributed by atoms with Crippen molar-refractivity contribution >= 4 is 10.0 Å². The number of nitrogens with zero attached hydrogens (tertiary/aromatic N) is 1. The highest BCUT2D eigenvalue weighted by Crippen LogP contribution is 2.30. The van der Waals surface area contributed by atoms with Crippen LogP contribution < -0.4 is 9.46 Å². The SMILES string of the molecule is COc1ccc(S(=O)(=O)NC(CC(C)(C)C)c2cccnc2)cc1. The molecule has 5 nitrogen and oxygen atoms in total. The van der Waals surface area contributed by atoms with E-state index in [-0.39, 0.29) is 16.4 Å². The molecule has 0 radical (unpaired) electrons. The molecule has 0 aliphatic rings. The summed E-state index contributed by atoms with van der Waals surface area (Å²) in [5, 5.41) is 0. The van der Waals surface area contributed by atoms with Crippen LogP contribution in [-0.4, -0.2) is 20.5 Å². The minimum Gasteiger partial charge on any atom is -0.497 e. The van der Waals surface area contributed by atoms with Crippen LogP contribution in [0.15, 0.2) is 53.7 Å². The van der Waals surface area contributed by atoms with Crippen LogP contribution in [0.25, 0.3) is 0 Å². The lowest BCUT2D eigenvalue weighted by atomic mass is 9.86. The zero-order valence-corrected chi connectivity index (χ0v) is 15.3. The molecule has 1 aromatic heterocycles. The quantitative estimate of drug-likeness (QED) is 0.867. The van der Waals surface area contributed by atoms with Gasteiger partial charge < -0.3 is 4.74 Å². The third kappa shape index (κ3) is 5.04. The highest BCUT2D eigenvalue weighted by atomic mass is 32.2. The standard InChI is InChI=1S/C18H24N2O3S/c1-18(2,3)12-17(14-6-5-11-19-13-14)20-24(21,22)16-9-7-15(23-4)8-10-16/h5-11,13,17,20H,12H2,1-4H3. The van der Waals surface area contributed by atoms with E-state index in [0.29, 0.717) is 12.2 Å². The molecule has 0 amide bonds. The largest absolute Gasteiger partial charge is 0.497 e. The molecule has 0 saturated carbocycles. The van der Waals surface area contributed by atoms with E-state index in [1.165, 1.54) is 0 Å². The third-order valence-electron chi connectivity index (χ3n) is 3.57. The van der Waals surface area contributed by atoms with Crippen molar-refractivity contribution in [1.29, 1.82) is 0 Å². The summed E-state index contributed by atoms with van der Waals surface area (Å²) in [7, 11) is -2.09. The van der Waals surface area contributed by atoms with Crippen molar-refractivity contribution in [2.75, 3.05) is 7.11 Å². The Morgan fingerprint density at radius 3 is 2.33 bits per heavy atom. The Labute approximate surface area is 144 Å². The Morgan fingerprint density at radius 2 is 1.83 bits per heavy atom. The van der Waals surface area contributed by atoms with Crippen LogP contribution in [0.2, 0.25) is 0 Å². The molecule has 0 saturated heterocycles. The van der Waals surface area contributed by atoms with Crippen molar-refractivity contribution in [1.82, 2.24) is 9.71 Å². The first kappa shape index (κ1) is 18.4. The maximum atomic E-state index is 12.7. The van der Waals surface area contributed by atoms with E-state index in [0.717, 1.165) is 5.56 Å². The van der Waals surface area contributed by atoms with Crippen LogP contribution >= 0.6 is 0 Å². The zero-order valence-electron chi connectivity index (χ0n) is 14.5. The van der Waals surface area contributed by atoms with Gasteiger partial charge in [-0.15, -0.1) is 0 Å². The molecule has 1 atom stereocenters. The fraction of sp³-hybridized carbons (Fsp3) is 0.389. The molecule has 1 N–H and O–H groups in total. The van der Waals surface area contributed by atoms with Gasteiger partial charge in [-0.3, -0.25) is 4.98 Å². The monoisotopic (exact) mass is 348 g/mol. The molecule has 0 bridgehead atoms. The molecule has 1 aromatic carbocycles. The van der Waals surface area contributed by atoms with Gasteiger partial charge in [0.25, 0.3) is 0 Å². The first-order valence-electron chi connectivity index (χ1n) is 7.77. The summed E-state index contributed by atoms with van der Waals surface area (Å²) >= 11 is 0. The zero-order chi connectivity index (χ0) is 17.8. The van der Waals surface area contributed by atoms with Gasteiger partial charge >= 0.3 is 0 Å². The predicted octanol–water partition coefficient (Wildman–Crippen LogP) is 3.55. The first-order chi connectivity index (χ1) is 11.2. The number of aromatic nitrogens is 1. The van der Waals surface area contributed by atoms with Gasteiger partial charge in [0.1, 0.15) is 5.75 Å². The van der Waals surface area contributed by atoms with Crippen molar-refractivity contribution in [3.8, 4) is 5.75 Å². The van der Waals surface area contributed by atoms with E-state index in [4.69, 9.17) is 4.74 Å². The normalized spacial score (nSPS) is 13.5. The second-order valence-corrected chi connectivity index (χ2v) is 8.61. The van der Waals surface area contributed by atoms with E-state index >= 15 is 0 Å². The van der Waals surface area contributed by atoms with E-state index in [1.807, 2.05) is 12.1 Å². The molecule has 0 spiro atoms. The number of benzene rings is 1.